The average molecular weight is 412 g/mol. The van der Waals surface area contributed by atoms with Crippen LogP contribution in [-0.4, -0.2) is 19.3 Å². The summed E-state index contributed by atoms with van der Waals surface area (Å²) in [6.07, 6.45) is 1.67. The Labute approximate surface area is 180 Å². The highest BCUT2D eigenvalue weighted by Gasteiger charge is 2.23. The third-order valence-corrected chi connectivity index (χ3v) is 4.83. The van der Waals surface area contributed by atoms with Crippen LogP contribution in [0.5, 0.6) is 17.2 Å². The van der Waals surface area contributed by atoms with Gasteiger partial charge in [0.2, 0.25) is 6.79 Å². The number of carbonyl (C=O) groups is 1. The molecular weight excluding hydrogens is 392 g/mol. The van der Waals surface area contributed by atoms with Crippen molar-refractivity contribution in [2.45, 2.75) is 6.54 Å². The van der Waals surface area contributed by atoms with E-state index in [9.17, 15) is 4.79 Å². The van der Waals surface area contributed by atoms with E-state index in [0.717, 1.165) is 5.56 Å². The molecule has 31 heavy (non-hydrogen) atoms. The van der Waals surface area contributed by atoms with Crippen LogP contribution in [0.4, 0.5) is 5.69 Å². The minimum Gasteiger partial charge on any atom is -0.489 e. The van der Waals surface area contributed by atoms with Crippen LogP contribution in [0.25, 0.3) is 0 Å². The monoisotopic (exact) mass is 412 g/mol. The lowest BCUT2D eigenvalue weighted by atomic mass is 10.1. The van der Waals surface area contributed by atoms with Crippen molar-refractivity contribution in [2.24, 2.45) is 0 Å². The predicted octanol–water partition coefficient (Wildman–Crippen LogP) is 4.70. The number of amides is 1. The number of ether oxygens (including phenoxy) is 3. The van der Waals surface area contributed by atoms with Crippen molar-refractivity contribution in [3.8, 4) is 23.3 Å². The lowest BCUT2D eigenvalue weighted by Crippen LogP contribution is -2.30. The Morgan fingerprint density at radius 1 is 1.10 bits per heavy atom. The lowest BCUT2D eigenvalue weighted by molar-refractivity contribution is 0.0985. The van der Waals surface area contributed by atoms with Gasteiger partial charge in [0.1, 0.15) is 12.4 Å². The van der Waals surface area contributed by atoms with Crippen molar-refractivity contribution < 1.29 is 19.0 Å². The van der Waals surface area contributed by atoms with E-state index < -0.39 is 0 Å². The van der Waals surface area contributed by atoms with E-state index in [1.807, 2.05) is 30.3 Å². The van der Waals surface area contributed by atoms with Gasteiger partial charge in [0.05, 0.1) is 18.2 Å². The number of carbonyl (C=O) groups excluding carboxylic acids is 1. The summed E-state index contributed by atoms with van der Waals surface area (Å²) < 4.78 is 16.7. The van der Waals surface area contributed by atoms with Gasteiger partial charge in [-0.05, 0) is 42.5 Å². The van der Waals surface area contributed by atoms with Gasteiger partial charge in [-0.15, -0.1) is 0 Å². The third kappa shape index (κ3) is 4.36. The minimum atomic E-state index is -0.207. The van der Waals surface area contributed by atoms with Crippen LogP contribution in [0.15, 0.2) is 79.4 Å². The highest BCUT2D eigenvalue weighted by Crippen LogP contribution is 2.36. The van der Waals surface area contributed by atoms with Crippen molar-refractivity contribution in [1.82, 2.24) is 0 Å². The van der Waals surface area contributed by atoms with Crippen LogP contribution in [-0.2, 0) is 6.54 Å². The summed E-state index contributed by atoms with van der Waals surface area (Å²) in [6.45, 7) is 4.49. The quantitative estimate of drug-likeness (QED) is 0.526. The molecule has 1 heterocycles. The van der Waals surface area contributed by atoms with Gasteiger partial charge in [-0.3, -0.25) is 4.79 Å². The van der Waals surface area contributed by atoms with E-state index in [0.29, 0.717) is 40.7 Å². The van der Waals surface area contributed by atoms with Crippen molar-refractivity contribution in [3.63, 3.8) is 0 Å². The number of para-hydroxylation sites is 1. The second kappa shape index (κ2) is 9.06. The van der Waals surface area contributed by atoms with Crippen molar-refractivity contribution >= 4 is 11.6 Å². The molecule has 1 aliphatic heterocycles. The highest BCUT2D eigenvalue weighted by atomic mass is 16.7. The first kappa shape index (κ1) is 20.0. The zero-order valence-electron chi connectivity index (χ0n) is 16.8. The third-order valence-electron chi connectivity index (χ3n) is 4.83. The van der Waals surface area contributed by atoms with Crippen molar-refractivity contribution in [3.05, 3.63) is 96.1 Å². The van der Waals surface area contributed by atoms with E-state index in [2.05, 4.69) is 12.6 Å². The average Bonchev–Trinajstić information content (AvgIpc) is 3.29. The predicted molar refractivity (Wildman–Crippen MR) is 116 cm³/mol. The number of nitrogens with zero attached hydrogens (tertiary/aromatic N) is 2. The van der Waals surface area contributed by atoms with Gasteiger partial charge in [-0.2, -0.15) is 5.26 Å². The number of fused-ring (bicyclic) bond motifs is 1. The van der Waals surface area contributed by atoms with Gasteiger partial charge in [-0.1, -0.05) is 30.9 Å². The summed E-state index contributed by atoms with van der Waals surface area (Å²) >= 11 is 0. The van der Waals surface area contributed by atoms with Gasteiger partial charge in [0, 0.05) is 22.9 Å². The van der Waals surface area contributed by atoms with Gasteiger partial charge in [0.15, 0.2) is 11.5 Å². The molecule has 0 bridgehead atoms. The normalized spacial score (nSPS) is 11.5. The summed E-state index contributed by atoms with van der Waals surface area (Å²) in [5, 5.41) is 9.05. The van der Waals surface area contributed by atoms with E-state index in [1.165, 1.54) is 0 Å². The fourth-order valence-electron chi connectivity index (χ4n) is 3.27. The van der Waals surface area contributed by atoms with E-state index in [4.69, 9.17) is 19.5 Å². The summed E-state index contributed by atoms with van der Waals surface area (Å²) in [6, 6.07) is 21.6. The van der Waals surface area contributed by atoms with E-state index in [-0.39, 0.29) is 19.2 Å². The second-order valence-electron chi connectivity index (χ2n) is 6.83. The van der Waals surface area contributed by atoms with Gasteiger partial charge < -0.3 is 19.1 Å². The molecule has 1 amide bonds. The molecule has 0 spiro atoms. The van der Waals surface area contributed by atoms with E-state index in [1.54, 1.807) is 47.4 Å². The summed E-state index contributed by atoms with van der Waals surface area (Å²) in [5.74, 6) is 1.71. The largest absolute Gasteiger partial charge is 0.489 e. The van der Waals surface area contributed by atoms with Crippen LogP contribution >= 0.6 is 0 Å². The molecule has 1 aliphatic rings. The zero-order valence-corrected chi connectivity index (χ0v) is 16.8. The first-order chi connectivity index (χ1) is 15.2. The molecule has 0 fully saturated rings. The molecule has 0 saturated carbocycles. The van der Waals surface area contributed by atoms with Crippen LogP contribution < -0.4 is 19.1 Å². The molecule has 0 saturated heterocycles. The fraction of sp³-hybridized carbons (Fsp3) is 0.120. The standard InChI is InChI=1S/C25H20N2O4/c1-2-13-29-22-6-4-3-5-20(22)16-27(21-11-12-23-24(14-21)31-17-30-23)25(28)19-9-7-18(15-26)8-10-19/h2-12,14H,1,13,16-17H2. The smallest absolute Gasteiger partial charge is 0.258 e. The van der Waals surface area contributed by atoms with Crippen LogP contribution in [0, 0.1) is 11.3 Å². The molecule has 4 rings (SSSR count). The Morgan fingerprint density at radius 2 is 1.87 bits per heavy atom. The Bertz CT molecular complexity index is 1150. The van der Waals surface area contributed by atoms with Gasteiger partial charge >= 0.3 is 0 Å². The molecular formula is C25H20N2O4. The minimum absolute atomic E-state index is 0.153. The molecule has 6 nitrogen and oxygen atoms in total. The Balaban J connectivity index is 1.71. The Hall–Kier alpha value is -4.24. The molecule has 0 radical (unpaired) electrons. The molecule has 154 valence electrons. The number of hydrogen-bond acceptors (Lipinski definition) is 5. The maximum absolute atomic E-state index is 13.5. The molecule has 3 aromatic carbocycles. The number of benzene rings is 3. The first-order valence-corrected chi connectivity index (χ1v) is 9.73. The van der Waals surface area contributed by atoms with E-state index >= 15 is 0 Å². The molecule has 0 unspecified atom stereocenters. The topological polar surface area (TPSA) is 71.8 Å². The fourth-order valence-corrected chi connectivity index (χ4v) is 3.27. The maximum atomic E-state index is 13.5. The number of rotatable bonds is 7. The van der Waals surface area contributed by atoms with Crippen LogP contribution in [0.2, 0.25) is 0 Å². The maximum Gasteiger partial charge on any atom is 0.258 e. The number of anilines is 1. The Morgan fingerprint density at radius 3 is 2.65 bits per heavy atom. The summed E-state index contributed by atoms with van der Waals surface area (Å²) in [5.41, 5.74) is 2.48. The summed E-state index contributed by atoms with van der Waals surface area (Å²) in [7, 11) is 0. The van der Waals surface area contributed by atoms with Crippen molar-refractivity contribution in [1.29, 1.82) is 5.26 Å². The molecule has 0 aromatic heterocycles. The zero-order chi connectivity index (χ0) is 21.6. The summed E-state index contributed by atoms with van der Waals surface area (Å²) in [4.78, 5) is 15.1. The molecule has 0 aliphatic carbocycles. The SMILES string of the molecule is C=CCOc1ccccc1CN(C(=O)c1ccc(C#N)cc1)c1ccc2c(c1)OCO2. The highest BCUT2D eigenvalue weighted by molar-refractivity contribution is 6.06. The number of nitriles is 1. The molecule has 3 aromatic rings. The second-order valence-corrected chi connectivity index (χ2v) is 6.83. The first-order valence-electron chi connectivity index (χ1n) is 9.73. The molecule has 6 heteroatoms. The molecule has 0 atom stereocenters. The van der Waals surface area contributed by atoms with Crippen LogP contribution in [0.3, 0.4) is 0 Å². The van der Waals surface area contributed by atoms with Gasteiger partial charge in [-0.25, -0.2) is 0 Å². The molecule has 0 N–H and O–H groups in total. The Kier molecular flexibility index (Phi) is 5.86. The lowest BCUT2D eigenvalue weighted by Gasteiger charge is -2.24. The van der Waals surface area contributed by atoms with Crippen molar-refractivity contribution in [2.75, 3.05) is 18.3 Å². The van der Waals surface area contributed by atoms with Crippen LogP contribution in [0.1, 0.15) is 21.5 Å². The number of hydrogen-bond donors (Lipinski definition) is 0. The van der Waals surface area contributed by atoms with Gasteiger partial charge in [0.25, 0.3) is 5.91 Å².